The van der Waals surface area contributed by atoms with E-state index in [2.05, 4.69) is 44.5 Å². The van der Waals surface area contributed by atoms with Gasteiger partial charge in [-0.25, -0.2) is 4.79 Å². The molecule has 112 valence electrons. The van der Waals surface area contributed by atoms with Gasteiger partial charge in [0.15, 0.2) is 0 Å². The third kappa shape index (κ3) is 7.42. The van der Waals surface area contributed by atoms with Crippen LogP contribution < -0.4 is 0 Å². The van der Waals surface area contributed by atoms with Gasteiger partial charge in [-0.1, -0.05) is 23.7 Å². The lowest BCUT2D eigenvalue weighted by molar-refractivity contribution is -0.137. The Labute approximate surface area is 128 Å². The smallest absolute Gasteiger partial charge is 0.331 e. The fourth-order valence-electron chi connectivity index (χ4n) is 1.87. The zero-order valence-corrected chi connectivity index (χ0v) is 13.5. The number of rotatable bonds is 2. The summed E-state index contributed by atoms with van der Waals surface area (Å²) < 4.78 is 4.80. The van der Waals surface area contributed by atoms with E-state index in [1.807, 2.05) is 0 Å². The molecule has 0 aromatic rings. The van der Waals surface area contributed by atoms with Crippen molar-refractivity contribution in [2.24, 2.45) is 5.41 Å². The topological polar surface area (TPSA) is 26.3 Å². The molecule has 0 bridgehead atoms. The highest BCUT2D eigenvalue weighted by Gasteiger charge is 2.10. The maximum absolute atomic E-state index is 11.2. The third-order valence-electron chi connectivity index (χ3n) is 2.87. The largest absolute Gasteiger partial charge is 0.463 e. The number of ether oxygens (including phenoxy) is 1. The van der Waals surface area contributed by atoms with E-state index in [1.54, 1.807) is 13.0 Å². The van der Waals surface area contributed by atoms with Crippen LogP contribution in [-0.2, 0) is 9.53 Å². The first-order valence-corrected chi connectivity index (χ1v) is 7.52. The fraction of sp³-hybridized carbons (Fsp3) is 0.526. The van der Waals surface area contributed by atoms with Crippen LogP contribution in [-0.4, -0.2) is 12.6 Å². The highest BCUT2D eigenvalue weighted by molar-refractivity contribution is 5.82. The molecule has 0 unspecified atom stereocenters. The van der Waals surface area contributed by atoms with E-state index in [9.17, 15) is 4.79 Å². The predicted octanol–water partition coefficient (Wildman–Crippen LogP) is 4.03. The summed E-state index contributed by atoms with van der Waals surface area (Å²) in [7, 11) is 0. The van der Waals surface area contributed by atoms with E-state index in [0.29, 0.717) is 6.61 Å². The summed E-state index contributed by atoms with van der Waals surface area (Å²) >= 11 is 0. The van der Waals surface area contributed by atoms with Crippen LogP contribution in [0, 0.1) is 29.1 Å². The molecule has 21 heavy (non-hydrogen) atoms. The van der Waals surface area contributed by atoms with Gasteiger partial charge in [0.2, 0.25) is 0 Å². The Bertz CT molecular complexity index is 548. The van der Waals surface area contributed by atoms with Gasteiger partial charge in [-0.05, 0) is 59.5 Å². The van der Waals surface area contributed by atoms with Gasteiger partial charge in [-0.15, -0.1) is 0 Å². The maximum Gasteiger partial charge on any atom is 0.331 e. The average Bonchev–Trinajstić information content (AvgIpc) is 2.42. The Morgan fingerprint density at radius 3 is 2.38 bits per heavy atom. The number of carbonyl (C=O) groups is 1. The zero-order valence-electron chi connectivity index (χ0n) is 13.5. The number of hydrogen-bond acceptors (Lipinski definition) is 2. The van der Waals surface area contributed by atoms with Crippen LogP contribution in [0.4, 0.5) is 0 Å². The van der Waals surface area contributed by atoms with E-state index in [0.717, 1.165) is 30.4 Å². The van der Waals surface area contributed by atoms with Crippen molar-refractivity contribution in [1.82, 2.24) is 0 Å². The lowest BCUT2D eigenvalue weighted by Gasteiger charge is -2.13. The summed E-state index contributed by atoms with van der Waals surface area (Å²) in [5.41, 5.74) is 2.28. The van der Waals surface area contributed by atoms with E-state index < -0.39 is 0 Å². The van der Waals surface area contributed by atoms with Crippen molar-refractivity contribution in [3.63, 3.8) is 0 Å². The van der Waals surface area contributed by atoms with Gasteiger partial charge in [0, 0.05) is 22.6 Å². The molecule has 1 rings (SSSR count). The molecular weight excluding hydrogens is 260 g/mol. The highest BCUT2D eigenvalue weighted by atomic mass is 16.5. The molecule has 0 saturated heterocycles. The van der Waals surface area contributed by atoms with Crippen LogP contribution in [0.15, 0.2) is 23.3 Å². The minimum absolute atomic E-state index is 0.00675. The summed E-state index contributed by atoms with van der Waals surface area (Å²) in [6, 6.07) is 0. The van der Waals surface area contributed by atoms with Gasteiger partial charge in [-0.3, -0.25) is 0 Å². The second kappa shape index (κ2) is 8.38. The monoisotopic (exact) mass is 284 g/mol. The summed E-state index contributed by atoms with van der Waals surface area (Å²) in [5, 5.41) is 0. The molecule has 0 aromatic heterocycles. The third-order valence-corrected chi connectivity index (χ3v) is 2.87. The van der Waals surface area contributed by atoms with Crippen molar-refractivity contribution in [3.05, 3.63) is 23.3 Å². The molecule has 2 nitrogen and oxygen atoms in total. The summed E-state index contributed by atoms with van der Waals surface area (Å²) in [4.78, 5) is 11.2. The van der Waals surface area contributed by atoms with Crippen LogP contribution >= 0.6 is 0 Å². The molecule has 0 fully saturated rings. The molecule has 1 aliphatic carbocycles. The number of hydrogen-bond donors (Lipinski definition) is 0. The molecule has 0 aromatic carbocycles. The van der Waals surface area contributed by atoms with Crippen molar-refractivity contribution < 1.29 is 9.53 Å². The van der Waals surface area contributed by atoms with Crippen molar-refractivity contribution in [2.45, 2.75) is 53.4 Å². The first-order chi connectivity index (χ1) is 9.92. The Morgan fingerprint density at radius 1 is 1.19 bits per heavy atom. The SMILES string of the molecule is CCOC(=O)/C=C/C#CC1=C(C#CC(C)(C)C)CCCC1. The lowest BCUT2D eigenvalue weighted by Crippen LogP contribution is -2.02. The number of allylic oxidation sites excluding steroid dienone is 3. The Kier molecular flexibility index (Phi) is 6.83. The molecule has 0 saturated carbocycles. The van der Waals surface area contributed by atoms with E-state index in [4.69, 9.17) is 4.74 Å². The van der Waals surface area contributed by atoms with Gasteiger partial charge < -0.3 is 4.74 Å². The summed E-state index contributed by atoms with van der Waals surface area (Å²) in [5.74, 6) is 12.3. The zero-order chi connectivity index (χ0) is 15.7. The van der Waals surface area contributed by atoms with Crippen molar-refractivity contribution in [2.75, 3.05) is 6.61 Å². The first-order valence-electron chi connectivity index (χ1n) is 7.52. The van der Waals surface area contributed by atoms with Crippen LogP contribution in [0.2, 0.25) is 0 Å². The Balaban J connectivity index is 2.83. The molecule has 0 heterocycles. The standard InChI is InChI=1S/C19H24O2/c1-5-21-18(20)13-9-8-11-16-10-6-7-12-17(16)14-15-19(2,3)4/h9,13H,5-7,10,12H2,1-4H3/b13-9+. The van der Waals surface area contributed by atoms with Gasteiger partial charge in [0.05, 0.1) is 6.61 Å². The second-order valence-electron chi connectivity index (χ2n) is 6.02. The van der Waals surface area contributed by atoms with Crippen molar-refractivity contribution in [1.29, 1.82) is 0 Å². The molecule has 2 heteroatoms. The quantitative estimate of drug-likeness (QED) is 0.435. The van der Waals surface area contributed by atoms with Gasteiger partial charge >= 0.3 is 5.97 Å². The first kappa shape index (κ1) is 17.1. The molecule has 0 aliphatic heterocycles. The van der Waals surface area contributed by atoms with Crippen LogP contribution in [0.1, 0.15) is 53.4 Å². The lowest BCUT2D eigenvalue weighted by atomic mass is 9.90. The molecule has 0 atom stereocenters. The maximum atomic E-state index is 11.2. The molecule has 0 amide bonds. The molecule has 0 spiro atoms. The minimum Gasteiger partial charge on any atom is -0.463 e. The average molecular weight is 284 g/mol. The Hall–Kier alpha value is -1.93. The van der Waals surface area contributed by atoms with Gasteiger partial charge in [-0.2, -0.15) is 0 Å². The Morgan fingerprint density at radius 2 is 1.81 bits per heavy atom. The highest BCUT2D eigenvalue weighted by Crippen LogP contribution is 2.24. The number of esters is 1. The second-order valence-corrected chi connectivity index (χ2v) is 6.02. The fourth-order valence-corrected chi connectivity index (χ4v) is 1.87. The molecule has 0 radical (unpaired) electrons. The molecule has 1 aliphatic rings. The van der Waals surface area contributed by atoms with Gasteiger partial charge in [0.1, 0.15) is 0 Å². The minimum atomic E-state index is -0.350. The summed E-state index contributed by atoms with van der Waals surface area (Å²) in [6.07, 6.45) is 7.24. The van der Waals surface area contributed by atoms with Crippen LogP contribution in [0.5, 0.6) is 0 Å². The molecular formula is C19H24O2. The van der Waals surface area contributed by atoms with Crippen LogP contribution in [0.3, 0.4) is 0 Å². The normalized spacial score (nSPS) is 15.0. The predicted molar refractivity (Wildman–Crippen MR) is 86.3 cm³/mol. The van der Waals surface area contributed by atoms with E-state index >= 15 is 0 Å². The van der Waals surface area contributed by atoms with Crippen molar-refractivity contribution in [3.8, 4) is 23.7 Å². The summed E-state index contributed by atoms with van der Waals surface area (Å²) in [6.45, 7) is 8.49. The van der Waals surface area contributed by atoms with E-state index in [-0.39, 0.29) is 11.4 Å². The van der Waals surface area contributed by atoms with Gasteiger partial charge in [0.25, 0.3) is 0 Å². The molecule has 0 N–H and O–H groups in total. The van der Waals surface area contributed by atoms with Crippen LogP contribution in [0.25, 0.3) is 0 Å². The number of carbonyl (C=O) groups excluding carboxylic acids is 1. The van der Waals surface area contributed by atoms with Crippen molar-refractivity contribution >= 4 is 5.97 Å². The van der Waals surface area contributed by atoms with E-state index in [1.165, 1.54) is 12.5 Å².